The maximum atomic E-state index is 12.0. The van der Waals surface area contributed by atoms with E-state index < -0.39 is 0 Å². The molecule has 0 bridgehead atoms. The minimum absolute atomic E-state index is 0.178. The maximum Gasteiger partial charge on any atom is 0.409 e. The first kappa shape index (κ1) is 20.7. The Balaban J connectivity index is 1.44. The molecule has 1 fully saturated rings. The Hall–Kier alpha value is -2.60. The summed E-state index contributed by atoms with van der Waals surface area (Å²) in [5, 5.41) is 1.10. The van der Waals surface area contributed by atoms with E-state index in [2.05, 4.69) is 53.4 Å². The van der Waals surface area contributed by atoms with E-state index in [-0.39, 0.29) is 6.09 Å². The van der Waals surface area contributed by atoms with Crippen molar-refractivity contribution >= 4 is 32.8 Å². The van der Waals surface area contributed by atoms with Crippen molar-refractivity contribution in [1.82, 2.24) is 9.88 Å². The molecular weight excluding hydrogens is 394 g/mol. The first-order chi connectivity index (χ1) is 14.7. The molecule has 0 spiro atoms. The number of nitrogens with zero attached hydrogens (tertiary/aromatic N) is 3. The fourth-order valence-corrected chi connectivity index (χ4v) is 4.99. The highest BCUT2D eigenvalue weighted by atomic mass is 32.1. The SMILES string of the molecule is CCOC(=O)N1CCC(CN(CCc2ccccc2)c2nc3ccccc3s2)CC1. The Bertz CT molecular complexity index is 918. The van der Waals surface area contributed by atoms with Gasteiger partial charge >= 0.3 is 6.09 Å². The van der Waals surface area contributed by atoms with Gasteiger partial charge in [0.15, 0.2) is 5.13 Å². The van der Waals surface area contributed by atoms with Gasteiger partial charge in [0.25, 0.3) is 0 Å². The Labute approximate surface area is 182 Å². The van der Waals surface area contributed by atoms with Crippen LogP contribution in [0.1, 0.15) is 25.3 Å². The molecule has 3 aromatic rings. The van der Waals surface area contributed by atoms with Gasteiger partial charge in [-0.05, 0) is 49.8 Å². The summed E-state index contributed by atoms with van der Waals surface area (Å²) in [5.74, 6) is 0.554. The summed E-state index contributed by atoms with van der Waals surface area (Å²) in [6.45, 7) is 5.76. The molecule has 0 atom stereocenters. The maximum absolute atomic E-state index is 12.0. The fourth-order valence-electron chi connectivity index (χ4n) is 3.99. The van der Waals surface area contributed by atoms with Crippen LogP contribution in [0.5, 0.6) is 0 Å². The van der Waals surface area contributed by atoms with Crippen LogP contribution in [0.4, 0.5) is 9.93 Å². The number of hydrogen-bond acceptors (Lipinski definition) is 5. The summed E-state index contributed by atoms with van der Waals surface area (Å²) in [7, 11) is 0. The molecule has 1 saturated heterocycles. The summed E-state index contributed by atoms with van der Waals surface area (Å²) < 4.78 is 6.39. The van der Waals surface area contributed by atoms with Crippen LogP contribution >= 0.6 is 11.3 Å². The molecule has 0 aliphatic carbocycles. The molecule has 1 amide bonds. The molecule has 1 aromatic heterocycles. The quantitative estimate of drug-likeness (QED) is 0.523. The Morgan fingerprint density at radius 2 is 1.87 bits per heavy atom. The van der Waals surface area contributed by atoms with Crippen molar-refractivity contribution in [2.24, 2.45) is 5.92 Å². The third-order valence-corrected chi connectivity index (χ3v) is 6.78. The van der Waals surface area contributed by atoms with Gasteiger partial charge in [-0.25, -0.2) is 9.78 Å². The molecule has 0 radical (unpaired) electrons. The third-order valence-electron chi connectivity index (χ3n) is 5.69. The zero-order valence-electron chi connectivity index (χ0n) is 17.5. The molecular formula is C24H29N3O2S. The van der Waals surface area contributed by atoms with Crippen LogP contribution in [-0.2, 0) is 11.2 Å². The monoisotopic (exact) mass is 423 g/mol. The number of amides is 1. The molecule has 2 aromatic carbocycles. The Kier molecular flexibility index (Phi) is 6.84. The van der Waals surface area contributed by atoms with E-state index in [1.54, 1.807) is 11.3 Å². The average molecular weight is 424 g/mol. The molecule has 1 aliphatic rings. The number of carbonyl (C=O) groups is 1. The van der Waals surface area contributed by atoms with Crippen molar-refractivity contribution in [3.8, 4) is 0 Å². The number of benzene rings is 2. The molecule has 2 heterocycles. The number of anilines is 1. The van der Waals surface area contributed by atoms with E-state index in [4.69, 9.17) is 9.72 Å². The standard InChI is InChI=1S/C24H29N3O2S/c1-2-29-24(28)26-15-13-20(14-16-26)18-27(17-12-19-8-4-3-5-9-19)23-25-21-10-6-7-11-22(21)30-23/h3-11,20H,2,12-18H2,1H3. The number of carbonyl (C=O) groups excluding carboxylic acids is 1. The summed E-state index contributed by atoms with van der Waals surface area (Å²) in [6, 6.07) is 19.0. The minimum Gasteiger partial charge on any atom is -0.450 e. The molecule has 6 heteroatoms. The summed E-state index contributed by atoms with van der Waals surface area (Å²) in [6.07, 6.45) is 2.83. The number of piperidine rings is 1. The molecule has 0 unspecified atom stereocenters. The zero-order valence-corrected chi connectivity index (χ0v) is 18.3. The predicted octanol–water partition coefficient (Wildman–Crippen LogP) is 5.21. The van der Waals surface area contributed by atoms with E-state index in [0.717, 1.165) is 56.1 Å². The molecule has 5 nitrogen and oxygen atoms in total. The number of likely N-dealkylation sites (tertiary alicyclic amines) is 1. The highest BCUT2D eigenvalue weighted by Crippen LogP contribution is 2.30. The van der Waals surface area contributed by atoms with Crippen molar-refractivity contribution in [2.75, 3.05) is 37.7 Å². The Morgan fingerprint density at radius 1 is 1.13 bits per heavy atom. The topological polar surface area (TPSA) is 45.7 Å². The minimum atomic E-state index is -0.178. The fraction of sp³-hybridized carbons (Fsp3) is 0.417. The second-order valence-corrected chi connectivity index (χ2v) is 8.78. The molecule has 0 saturated carbocycles. The average Bonchev–Trinajstić information content (AvgIpc) is 3.22. The van der Waals surface area contributed by atoms with E-state index in [0.29, 0.717) is 12.5 Å². The van der Waals surface area contributed by atoms with Crippen LogP contribution in [0.15, 0.2) is 54.6 Å². The van der Waals surface area contributed by atoms with E-state index in [9.17, 15) is 4.79 Å². The van der Waals surface area contributed by atoms with Gasteiger partial charge in [0.05, 0.1) is 16.8 Å². The van der Waals surface area contributed by atoms with Crippen molar-refractivity contribution < 1.29 is 9.53 Å². The van der Waals surface area contributed by atoms with Crippen LogP contribution in [0.25, 0.3) is 10.2 Å². The van der Waals surface area contributed by atoms with Crippen molar-refractivity contribution in [1.29, 1.82) is 0 Å². The van der Waals surface area contributed by atoms with Gasteiger partial charge in [0, 0.05) is 26.2 Å². The molecule has 158 valence electrons. The smallest absolute Gasteiger partial charge is 0.409 e. The second-order valence-electron chi connectivity index (χ2n) is 7.78. The highest BCUT2D eigenvalue weighted by molar-refractivity contribution is 7.22. The summed E-state index contributed by atoms with van der Waals surface area (Å²) in [5.41, 5.74) is 2.42. The van der Waals surface area contributed by atoms with Crippen LogP contribution in [-0.4, -0.2) is 48.8 Å². The molecule has 4 rings (SSSR count). The number of thiazole rings is 1. The second kappa shape index (κ2) is 9.94. The van der Waals surface area contributed by atoms with Crippen LogP contribution in [0.2, 0.25) is 0 Å². The molecule has 0 N–H and O–H groups in total. The first-order valence-corrected chi connectivity index (χ1v) is 11.6. The zero-order chi connectivity index (χ0) is 20.8. The van der Waals surface area contributed by atoms with Gasteiger partial charge in [-0.2, -0.15) is 0 Å². The predicted molar refractivity (Wildman–Crippen MR) is 123 cm³/mol. The summed E-state index contributed by atoms with van der Waals surface area (Å²) in [4.78, 5) is 21.2. The van der Waals surface area contributed by atoms with Gasteiger partial charge < -0.3 is 14.5 Å². The number of fused-ring (bicyclic) bond motifs is 1. The lowest BCUT2D eigenvalue weighted by Gasteiger charge is -2.34. The highest BCUT2D eigenvalue weighted by Gasteiger charge is 2.26. The van der Waals surface area contributed by atoms with Gasteiger partial charge in [-0.15, -0.1) is 0 Å². The van der Waals surface area contributed by atoms with E-state index in [1.807, 2.05) is 17.9 Å². The normalized spacial score (nSPS) is 14.8. The lowest BCUT2D eigenvalue weighted by Crippen LogP contribution is -2.42. The number of hydrogen-bond donors (Lipinski definition) is 0. The number of rotatable bonds is 7. The Morgan fingerprint density at radius 3 is 2.60 bits per heavy atom. The van der Waals surface area contributed by atoms with Crippen molar-refractivity contribution in [3.05, 3.63) is 60.2 Å². The van der Waals surface area contributed by atoms with Gasteiger partial charge in [0.2, 0.25) is 0 Å². The van der Waals surface area contributed by atoms with Gasteiger partial charge in [-0.3, -0.25) is 0 Å². The summed E-state index contributed by atoms with van der Waals surface area (Å²) >= 11 is 1.77. The third kappa shape index (κ3) is 5.11. The molecule has 30 heavy (non-hydrogen) atoms. The van der Waals surface area contributed by atoms with Gasteiger partial charge in [-0.1, -0.05) is 53.8 Å². The largest absolute Gasteiger partial charge is 0.450 e. The van der Waals surface area contributed by atoms with E-state index in [1.165, 1.54) is 10.3 Å². The number of ether oxygens (including phenoxy) is 1. The molecule has 1 aliphatic heterocycles. The van der Waals surface area contributed by atoms with Crippen molar-refractivity contribution in [3.63, 3.8) is 0 Å². The van der Waals surface area contributed by atoms with E-state index >= 15 is 0 Å². The number of aromatic nitrogens is 1. The van der Waals surface area contributed by atoms with Crippen LogP contribution in [0.3, 0.4) is 0 Å². The van der Waals surface area contributed by atoms with Crippen molar-refractivity contribution in [2.45, 2.75) is 26.2 Å². The van der Waals surface area contributed by atoms with Crippen LogP contribution < -0.4 is 4.90 Å². The lowest BCUT2D eigenvalue weighted by molar-refractivity contribution is 0.0923. The lowest BCUT2D eigenvalue weighted by atomic mass is 9.96. The number of para-hydroxylation sites is 1. The van der Waals surface area contributed by atoms with Crippen LogP contribution in [0, 0.1) is 5.92 Å². The first-order valence-electron chi connectivity index (χ1n) is 10.8. The van der Waals surface area contributed by atoms with Gasteiger partial charge in [0.1, 0.15) is 0 Å².